The number of aromatic hydroxyl groups is 1. The summed E-state index contributed by atoms with van der Waals surface area (Å²) in [6, 6.07) is 53.3. The van der Waals surface area contributed by atoms with Crippen molar-refractivity contribution < 1.29 is 5.11 Å². The van der Waals surface area contributed by atoms with E-state index in [9.17, 15) is 5.11 Å². The topological polar surface area (TPSA) is 20.2 Å². The van der Waals surface area contributed by atoms with E-state index in [1.807, 2.05) is 12.1 Å². The Morgan fingerprint density at radius 2 is 0.756 bits per heavy atom. The molecule has 6 aromatic rings. The molecule has 0 aliphatic carbocycles. The van der Waals surface area contributed by atoms with E-state index in [-0.39, 0.29) is 5.75 Å². The summed E-state index contributed by atoms with van der Waals surface area (Å²) >= 11 is 0. The van der Waals surface area contributed by atoms with Crippen molar-refractivity contribution in [2.24, 2.45) is 0 Å². The van der Waals surface area contributed by atoms with Crippen molar-refractivity contribution in [2.45, 2.75) is 25.7 Å². The number of phenols is 1. The van der Waals surface area contributed by atoms with E-state index in [0.29, 0.717) is 0 Å². The Kier molecular flexibility index (Phi) is 8.05. The molecule has 0 radical (unpaired) electrons. The van der Waals surface area contributed by atoms with E-state index in [4.69, 9.17) is 0 Å². The molecule has 6 rings (SSSR count). The molecule has 6 aromatic carbocycles. The maximum atomic E-state index is 10.6. The first-order chi connectivity index (χ1) is 20.2. The van der Waals surface area contributed by atoms with Crippen molar-refractivity contribution in [1.29, 1.82) is 0 Å². The molecule has 0 aliphatic rings. The molecule has 0 saturated heterocycles. The van der Waals surface area contributed by atoms with E-state index >= 15 is 0 Å². The standard InChI is InChI=1S/C40H34O/c41-37-23-13-22-34(29-37)40-38(26-32-18-9-3-10-19-32)35(24-30-14-5-1-6-15-30)28-36(25-31-16-7-2-8-17-31)39(40)27-33-20-11-4-12-21-33/h1-23,28-29,41H,24-27H2. The van der Waals surface area contributed by atoms with Crippen LogP contribution in [-0.2, 0) is 25.7 Å². The van der Waals surface area contributed by atoms with Gasteiger partial charge in [-0.3, -0.25) is 0 Å². The molecule has 0 saturated carbocycles. The quantitative estimate of drug-likeness (QED) is 0.197. The fourth-order valence-electron chi connectivity index (χ4n) is 5.85. The molecular formula is C40H34O. The average molecular weight is 531 g/mol. The zero-order valence-electron chi connectivity index (χ0n) is 23.2. The number of benzene rings is 6. The van der Waals surface area contributed by atoms with E-state index in [2.05, 4.69) is 133 Å². The molecule has 1 heteroatoms. The zero-order valence-corrected chi connectivity index (χ0v) is 23.2. The van der Waals surface area contributed by atoms with Crippen LogP contribution in [0.4, 0.5) is 0 Å². The van der Waals surface area contributed by atoms with Crippen molar-refractivity contribution in [3.63, 3.8) is 0 Å². The molecule has 1 N–H and O–H groups in total. The van der Waals surface area contributed by atoms with Gasteiger partial charge in [0.1, 0.15) is 5.75 Å². The smallest absolute Gasteiger partial charge is 0.116 e. The molecule has 0 aromatic heterocycles. The molecule has 0 spiro atoms. The highest BCUT2D eigenvalue weighted by atomic mass is 16.3. The second-order valence-electron chi connectivity index (χ2n) is 10.7. The largest absolute Gasteiger partial charge is 0.508 e. The predicted molar refractivity (Wildman–Crippen MR) is 171 cm³/mol. The number of phenolic OH excluding ortho intramolecular Hbond substituents is 1. The van der Waals surface area contributed by atoms with Crippen molar-refractivity contribution >= 4 is 0 Å². The van der Waals surface area contributed by atoms with Crippen LogP contribution in [0.25, 0.3) is 11.1 Å². The van der Waals surface area contributed by atoms with Gasteiger partial charge in [0.25, 0.3) is 0 Å². The lowest BCUT2D eigenvalue weighted by atomic mass is 9.80. The summed E-state index contributed by atoms with van der Waals surface area (Å²) in [6.45, 7) is 0. The van der Waals surface area contributed by atoms with Crippen LogP contribution in [0.15, 0.2) is 152 Å². The van der Waals surface area contributed by atoms with Crippen molar-refractivity contribution in [3.05, 3.63) is 196 Å². The van der Waals surface area contributed by atoms with Crippen LogP contribution < -0.4 is 0 Å². The predicted octanol–water partition coefficient (Wildman–Crippen LogP) is 9.42. The third-order valence-corrected chi connectivity index (χ3v) is 7.78. The highest BCUT2D eigenvalue weighted by Crippen LogP contribution is 2.38. The van der Waals surface area contributed by atoms with Gasteiger partial charge < -0.3 is 5.11 Å². The highest BCUT2D eigenvalue weighted by molar-refractivity contribution is 5.76. The van der Waals surface area contributed by atoms with Gasteiger partial charge >= 0.3 is 0 Å². The summed E-state index contributed by atoms with van der Waals surface area (Å²) in [6.07, 6.45) is 3.34. The molecule has 41 heavy (non-hydrogen) atoms. The van der Waals surface area contributed by atoms with Crippen LogP contribution in [0.3, 0.4) is 0 Å². The summed E-state index contributed by atoms with van der Waals surface area (Å²) in [5, 5.41) is 10.6. The molecule has 200 valence electrons. The normalized spacial score (nSPS) is 10.9. The summed E-state index contributed by atoms with van der Waals surface area (Å²) in [5.41, 5.74) is 12.8. The number of hydrogen-bond acceptors (Lipinski definition) is 1. The maximum absolute atomic E-state index is 10.6. The van der Waals surface area contributed by atoms with E-state index < -0.39 is 0 Å². The number of hydrogen-bond donors (Lipinski definition) is 1. The molecule has 0 aliphatic heterocycles. The highest BCUT2D eigenvalue weighted by Gasteiger charge is 2.21. The summed E-state index contributed by atoms with van der Waals surface area (Å²) < 4.78 is 0. The van der Waals surface area contributed by atoms with Crippen LogP contribution in [0.1, 0.15) is 44.5 Å². The van der Waals surface area contributed by atoms with Gasteiger partial charge in [-0.05, 0) is 93.5 Å². The monoisotopic (exact) mass is 530 g/mol. The Morgan fingerprint density at radius 1 is 0.366 bits per heavy atom. The minimum atomic E-state index is 0.289. The van der Waals surface area contributed by atoms with Crippen LogP contribution in [-0.4, -0.2) is 5.11 Å². The van der Waals surface area contributed by atoms with E-state index in [1.165, 1.54) is 50.1 Å². The second-order valence-corrected chi connectivity index (χ2v) is 10.7. The van der Waals surface area contributed by atoms with Crippen LogP contribution in [0.5, 0.6) is 5.75 Å². The van der Waals surface area contributed by atoms with E-state index in [1.54, 1.807) is 6.07 Å². The van der Waals surface area contributed by atoms with Crippen LogP contribution >= 0.6 is 0 Å². The lowest BCUT2D eigenvalue weighted by molar-refractivity contribution is 0.475. The third kappa shape index (κ3) is 6.48. The van der Waals surface area contributed by atoms with Crippen molar-refractivity contribution in [3.8, 4) is 16.9 Å². The van der Waals surface area contributed by atoms with Gasteiger partial charge in [0.15, 0.2) is 0 Å². The molecule has 0 bridgehead atoms. The Morgan fingerprint density at radius 3 is 1.15 bits per heavy atom. The minimum Gasteiger partial charge on any atom is -0.508 e. The van der Waals surface area contributed by atoms with Gasteiger partial charge in [-0.25, -0.2) is 0 Å². The SMILES string of the molecule is Oc1cccc(-c2c(Cc3ccccc3)c(Cc3ccccc3)cc(Cc3ccccc3)c2Cc2ccccc2)c1. The van der Waals surface area contributed by atoms with Gasteiger partial charge in [-0.2, -0.15) is 0 Å². The van der Waals surface area contributed by atoms with Gasteiger partial charge in [0.05, 0.1) is 0 Å². The minimum absolute atomic E-state index is 0.289. The molecule has 0 amide bonds. The molecule has 0 atom stereocenters. The maximum Gasteiger partial charge on any atom is 0.116 e. The van der Waals surface area contributed by atoms with Crippen LogP contribution in [0, 0.1) is 0 Å². The fourth-order valence-corrected chi connectivity index (χ4v) is 5.85. The van der Waals surface area contributed by atoms with Gasteiger partial charge in [0, 0.05) is 0 Å². The lowest BCUT2D eigenvalue weighted by Crippen LogP contribution is -2.09. The Labute approximate surface area is 243 Å². The second kappa shape index (κ2) is 12.5. The Bertz CT molecular complexity index is 1600. The summed E-state index contributed by atoms with van der Waals surface area (Å²) in [7, 11) is 0. The van der Waals surface area contributed by atoms with E-state index in [0.717, 1.165) is 31.2 Å². The van der Waals surface area contributed by atoms with Gasteiger partial charge in [-0.15, -0.1) is 0 Å². The fraction of sp³-hybridized carbons (Fsp3) is 0.100. The first kappa shape index (κ1) is 26.3. The Hall–Kier alpha value is -4.88. The average Bonchev–Trinajstić information content (AvgIpc) is 3.01. The molecule has 0 fully saturated rings. The zero-order chi connectivity index (χ0) is 27.9. The van der Waals surface area contributed by atoms with Crippen molar-refractivity contribution in [1.82, 2.24) is 0 Å². The first-order valence-corrected chi connectivity index (χ1v) is 14.3. The first-order valence-electron chi connectivity index (χ1n) is 14.3. The van der Waals surface area contributed by atoms with Gasteiger partial charge in [0.2, 0.25) is 0 Å². The van der Waals surface area contributed by atoms with Crippen LogP contribution in [0.2, 0.25) is 0 Å². The molecule has 0 heterocycles. The third-order valence-electron chi connectivity index (χ3n) is 7.78. The summed E-state index contributed by atoms with van der Waals surface area (Å²) in [4.78, 5) is 0. The Balaban J connectivity index is 1.64. The lowest BCUT2D eigenvalue weighted by Gasteiger charge is -2.24. The molecule has 0 unspecified atom stereocenters. The molecule has 1 nitrogen and oxygen atoms in total. The number of rotatable bonds is 9. The molecular weight excluding hydrogens is 496 g/mol. The van der Waals surface area contributed by atoms with Gasteiger partial charge in [-0.1, -0.05) is 140 Å². The van der Waals surface area contributed by atoms with Crippen molar-refractivity contribution in [2.75, 3.05) is 0 Å². The summed E-state index contributed by atoms with van der Waals surface area (Å²) in [5.74, 6) is 0.289.